The van der Waals surface area contributed by atoms with E-state index >= 15 is 0 Å². The van der Waals surface area contributed by atoms with Gasteiger partial charge < -0.3 is 39.4 Å². The molecule has 4 N–H and O–H groups in total. The Bertz CT molecular complexity index is 1030. The predicted molar refractivity (Wildman–Crippen MR) is 229 cm³/mol. The average Bonchev–Trinajstić information content (AvgIpc) is 3.21. The molecule has 0 aromatic heterocycles. The zero-order valence-electron chi connectivity index (χ0n) is 36.1. The van der Waals surface area contributed by atoms with Gasteiger partial charge in [0.1, 0.15) is 31.0 Å². The van der Waals surface area contributed by atoms with E-state index < -0.39 is 55.4 Å². The van der Waals surface area contributed by atoms with Crippen LogP contribution in [0.5, 0.6) is 0 Å². The van der Waals surface area contributed by atoms with E-state index in [0.717, 1.165) is 38.5 Å². The lowest BCUT2D eigenvalue weighted by molar-refractivity contribution is -0.305. The first kappa shape index (κ1) is 52.9. The van der Waals surface area contributed by atoms with Gasteiger partial charge in [-0.05, 0) is 44.9 Å². The van der Waals surface area contributed by atoms with Crippen LogP contribution < -0.4 is 0 Å². The maximum absolute atomic E-state index is 12.8. The summed E-state index contributed by atoms with van der Waals surface area (Å²) in [4.78, 5) is 25.2. The summed E-state index contributed by atoms with van der Waals surface area (Å²) in [6.07, 6.45) is 36.3. The number of hydrogen-bond acceptors (Lipinski definition) is 10. The van der Waals surface area contributed by atoms with Crippen molar-refractivity contribution >= 4 is 11.9 Å². The first-order valence-electron chi connectivity index (χ1n) is 23.1. The van der Waals surface area contributed by atoms with E-state index in [-0.39, 0.29) is 19.6 Å². The summed E-state index contributed by atoms with van der Waals surface area (Å²) in [7, 11) is 0. The summed E-state index contributed by atoms with van der Waals surface area (Å²) in [6.45, 7) is 3.30. The van der Waals surface area contributed by atoms with Crippen molar-refractivity contribution in [2.75, 3.05) is 19.8 Å². The summed E-state index contributed by atoms with van der Waals surface area (Å²) in [5.41, 5.74) is 0. The lowest BCUT2D eigenvalue weighted by Gasteiger charge is -2.39. The highest BCUT2D eigenvalue weighted by molar-refractivity contribution is 5.82. The second kappa shape index (κ2) is 38.1. The summed E-state index contributed by atoms with van der Waals surface area (Å²) < 4.78 is 22.0. The Hall–Kier alpha value is -2.08. The molecule has 10 heteroatoms. The zero-order chi connectivity index (χ0) is 41.6. The maximum atomic E-state index is 12.8. The number of carbonyl (C=O) groups is 2. The van der Waals surface area contributed by atoms with E-state index in [2.05, 4.69) is 26.0 Å². The van der Waals surface area contributed by atoms with Crippen molar-refractivity contribution in [1.29, 1.82) is 0 Å². The Morgan fingerprint density at radius 1 is 0.579 bits per heavy atom. The second-order valence-corrected chi connectivity index (χ2v) is 15.9. The third kappa shape index (κ3) is 29.7. The molecule has 1 heterocycles. The molecule has 2 unspecified atom stereocenters. The fourth-order valence-electron chi connectivity index (χ4n) is 6.92. The third-order valence-corrected chi connectivity index (χ3v) is 10.6. The monoisotopic (exact) mass is 809 g/mol. The number of unbranched alkanes of at least 4 members (excludes halogenated alkanes) is 24. The van der Waals surface area contributed by atoms with Gasteiger partial charge in [-0.3, -0.25) is 4.79 Å². The van der Waals surface area contributed by atoms with Gasteiger partial charge in [0, 0.05) is 12.5 Å². The minimum atomic E-state index is -1.61. The lowest BCUT2D eigenvalue weighted by atomic mass is 9.99. The Morgan fingerprint density at radius 3 is 1.56 bits per heavy atom. The molecule has 0 bridgehead atoms. The quantitative estimate of drug-likeness (QED) is 0.0156. The summed E-state index contributed by atoms with van der Waals surface area (Å²) >= 11 is 0. The number of rotatable bonds is 38. The Balaban J connectivity index is 2.37. The minimum absolute atomic E-state index is 0.206. The van der Waals surface area contributed by atoms with Crippen molar-refractivity contribution in [1.82, 2.24) is 0 Å². The topological polar surface area (TPSA) is 152 Å². The van der Waals surface area contributed by atoms with E-state index in [1.54, 1.807) is 6.08 Å². The summed E-state index contributed by atoms with van der Waals surface area (Å²) in [5, 5.41) is 40.0. The molecular weight excluding hydrogens is 725 g/mol. The molecule has 1 rings (SSSR count). The van der Waals surface area contributed by atoms with Gasteiger partial charge in [-0.15, -0.1) is 0 Å². The highest BCUT2D eigenvalue weighted by Gasteiger charge is 2.44. The first-order valence-corrected chi connectivity index (χ1v) is 23.1. The molecule has 0 amide bonds. The second-order valence-electron chi connectivity index (χ2n) is 15.9. The van der Waals surface area contributed by atoms with E-state index in [1.807, 2.05) is 12.2 Å². The fraction of sp³-hybridized carbons (Fsp3) is 0.830. The van der Waals surface area contributed by atoms with Crippen LogP contribution in [0.3, 0.4) is 0 Å². The van der Waals surface area contributed by atoms with Gasteiger partial charge in [0.05, 0.1) is 13.2 Å². The molecule has 1 aliphatic heterocycles. The number of allylic oxidation sites excluding steroid dienone is 5. The van der Waals surface area contributed by atoms with Crippen LogP contribution >= 0.6 is 0 Å². The van der Waals surface area contributed by atoms with Gasteiger partial charge in [-0.2, -0.15) is 0 Å². The minimum Gasteiger partial charge on any atom is -0.458 e. The van der Waals surface area contributed by atoms with Gasteiger partial charge in [-0.25, -0.2) is 4.79 Å². The molecule has 0 aromatic rings. The molecule has 1 fully saturated rings. The molecule has 10 nitrogen and oxygen atoms in total. The summed E-state index contributed by atoms with van der Waals surface area (Å²) in [5.74, 6) is -1.06. The van der Waals surface area contributed by atoms with Gasteiger partial charge in [0.2, 0.25) is 0 Å². The van der Waals surface area contributed by atoms with Crippen molar-refractivity contribution < 1.29 is 49.0 Å². The van der Waals surface area contributed by atoms with Crippen LogP contribution in [0.15, 0.2) is 36.5 Å². The molecule has 332 valence electrons. The van der Waals surface area contributed by atoms with Gasteiger partial charge >= 0.3 is 11.9 Å². The smallest absolute Gasteiger partial charge is 0.330 e. The van der Waals surface area contributed by atoms with Crippen molar-refractivity contribution in [2.45, 2.75) is 230 Å². The Morgan fingerprint density at radius 2 is 1.05 bits per heavy atom. The average molecular weight is 809 g/mol. The molecule has 0 radical (unpaired) electrons. The SMILES string of the molecule is CCCCCCCC/C=C/CCCCCCCCCC(=O)O[C@H](COC(=O)/C=C/C=C/CCCCCCCCCCCCC)CO[C@@H]1O[C@H](CO)[C@H](O)C(O)C1O. The lowest BCUT2D eigenvalue weighted by Crippen LogP contribution is -2.59. The van der Waals surface area contributed by atoms with Crippen molar-refractivity contribution in [3.63, 3.8) is 0 Å². The molecule has 0 spiro atoms. The normalized spacial score (nSPS) is 20.6. The van der Waals surface area contributed by atoms with Crippen LogP contribution in [0, 0.1) is 0 Å². The van der Waals surface area contributed by atoms with E-state index in [0.29, 0.717) is 6.42 Å². The number of hydrogen-bond donors (Lipinski definition) is 4. The highest BCUT2D eigenvalue weighted by atomic mass is 16.7. The largest absolute Gasteiger partial charge is 0.458 e. The first-order chi connectivity index (χ1) is 27.8. The number of esters is 2. The predicted octanol–water partition coefficient (Wildman–Crippen LogP) is 9.89. The van der Waals surface area contributed by atoms with E-state index in [9.17, 15) is 30.0 Å². The van der Waals surface area contributed by atoms with Crippen molar-refractivity contribution in [2.24, 2.45) is 0 Å². The number of carbonyl (C=O) groups excluding carboxylic acids is 2. The molecule has 6 atom stereocenters. The molecule has 57 heavy (non-hydrogen) atoms. The molecule has 0 aliphatic carbocycles. The molecule has 1 aliphatic rings. The number of aliphatic hydroxyl groups is 4. The van der Waals surface area contributed by atoms with Crippen LogP contribution in [-0.2, 0) is 28.5 Å². The third-order valence-electron chi connectivity index (χ3n) is 10.6. The van der Waals surface area contributed by atoms with Crippen LogP contribution in [0.1, 0.15) is 194 Å². The van der Waals surface area contributed by atoms with Crippen LogP contribution in [-0.4, -0.2) is 89.0 Å². The zero-order valence-corrected chi connectivity index (χ0v) is 36.1. The van der Waals surface area contributed by atoms with E-state index in [4.69, 9.17) is 18.9 Å². The number of aliphatic hydroxyl groups excluding tert-OH is 4. The van der Waals surface area contributed by atoms with Crippen LogP contribution in [0.2, 0.25) is 0 Å². The number of ether oxygens (including phenoxy) is 4. The summed E-state index contributed by atoms with van der Waals surface area (Å²) in [6, 6.07) is 0. The van der Waals surface area contributed by atoms with Crippen molar-refractivity contribution in [3.05, 3.63) is 36.5 Å². The van der Waals surface area contributed by atoms with Crippen molar-refractivity contribution in [3.8, 4) is 0 Å². The van der Waals surface area contributed by atoms with Gasteiger partial charge in [-0.1, -0.05) is 173 Å². The van der Waals surface area contributed by atoms with Crippen LogP contribution in [0.25, 0.3) is 0 Å². The standard InChI is InChI=1S/C47H84O10/c1-3-5-7-9-11-13-15-17-19-20-22-24-26-28-30-32-34-36-43(50)56-40(39-55-47-46(53)45(52)44(51)41(37-48)57-47)38-54-42(49)35-33-31-29-27-25-23-21-18-16-14-12-10-8-6-4-2/h17,19,29,31,33,35,40-41,44-48,51-53H,3-16,18,20-28,30,32,34,36-39H2,1-2H3/b19-17+,31-29+,35-33+/t40-,41-,44+,45?,46?,47-/m1/s1. The maximum Gasteiger partial charge on any atom is 0.330 e. The molecule has 1 saturated heterocycles. The Labute approximate surface area is 346 Å². The fourth-order valence-corrected chi connectivity index (χ4v) is 6.92. The molecule has 0 saturated carbocycles. The van der Waals surface area contributed by atoms with Crippen LogP contribution in [0.4, 0.5) is 0 Å². The van der Waals surface area contributed by atoms with E-state index in [1.165, 1.54) is 134 Å². The highest BCUT2D eigenvalue weighted by Crippen LogP contribution is 2.22. The van der Waals surface area contributed by atoms with Gasteiger partial charge in [0.25, 0.3) is 0 Å². The Kier molecular flexibility index (Phi) is 35.4. The molecular formula is C47H84O10. The molecule has 0 aromatic carbocycles. The van der Waals surface area contributed by atoms with Gasteiger partial charge in [0.15, 0.2) is 12.4 Å².